The summed E-state index contributed by atoms with van der Waals surface area (Å²) in [6.45, 7) is 0. The van der Waals surface area contributed by atoms with E-state index in [4.69, 9.17) is 11.6 Å². The Labute approximate surface area is 91.1 Å². The lowest BCUT2D eigenvalue weighted by Gasteiger charge is -2.04. The predicted molar refractivity (Wildman–Crippen MR) is 56.8 cm³/mol. The number of benzene rings is 2. The van der Waals surface area contributed by atoms with Crippen LogP contribution in [0.25, 0.3) is 11.1 Å². The highest BCUT2D eigenvalue weighted by molar-refractivity contribution is 6.30. The first-order valence-electron chi connectivity index (χ1n) is 4.38. The molecule has 2 rings (SSSR count). The van der Waals surface area contributed by atoms with Gasteiger partial charge in [0.05, 0.1) is 0 Å². The minimum atomic E-state index is -0.521. The highest BCUT2D eigenvalue weighted by Gasteiger charge is 2.09. The topological polar surface area (TPSA) is 0 Å². The van der Waals surface area contributed by atoms with E-state index in [2.05, 4.69) is 0 Å². The second-order valence-electron chi connectivity index (χ2n) is 3.10. The van der Waals surface area contributed by atoms with Crippen LogP contribution in [0.1, 0.15) is 0 Å². The summed E-state index contributed by atoms with van der Waals surface area (Å²) < 4.78 is 26.8. The van der Waals surface area contributed by atoms with Crippen molar-refractivity contribution in [2.24, 2.45) is 0 Å². The predicted octanol–water partition coefficient (Wildman–Crippen LogP) is 4.29. The molecule has 0 N–H and O–H groups in total. The zero-order valence-electron chi connectivity index (χ0n) is 7.68. The Kier molecular flexibility index (Phi) is 2.69. The average molecular weight is 225 g/mol. The van der Waals surface area contributed by atoms with E-state index < -0.39 is 11.6 Å². The molecular weight excluding hydrogens is 218 g/mol. The van der Waals surface area contributed by atoms with Gasteiger partial charge in [-0.15, -0.1) is 0 Å². The number of hydrogen-bond acceptors (Lipinski definition) is 0. The molecule has 0 saturated carbocycles. The summed E-state index contributed by atoms with van der Waals surface area (Å²) >= 11 is 5.61. The first-order chi connectivity index (χ1) is 7.18. The van der Waals surface area contributed by atoms with Gasteiger partial charge in [-0.3, -0.25) is 0 Å². The molecule has 0 aromatic heterocycles. The van der Waals surface area contributed by atoms with Gasteiger partial charge >= 0.3 is 0 Å². The van der Waals surface area contributed by atoms with Crippen LogP contribution >= 0.6 is 11.6 Å². The van der Waals surface area contributed by atoms with Gasteiger partial charge in [0, 0.05) is 16.1 Å². The zero-order chi connectivity index (χ0) is 10.8. The Bertz CT molecular complexity index is 495. The van der Waals surface area contributed by atoms with Gasteiger partial charge in [0.2, 0.25) is 0 Å². The van der Waals surface area contributed by atoms with Crippen LogP contribution in [0, 0.1) is 11.6 Å². The SMILES string of the molecule is Fc1ccccc1-c1ccc(Cl)cc1F. The lowest BCUT2D eigenvalue weighted by Crippen LogP contribution is -1.87. The molecule has 0 fully saturated rings. The van der Waals surface area contributed by atoms with E-state index in [1.165, 1.54) is 30.3 Å². The Morgan fingerprint density at radius 3 is 2.13 bits per heavy atom. The molecule has 0 aliphatic rings. The second kappa shape index (κ2) is 3.99. The molecule has 2 aromatic rings. The van der Waals surface area contributed by atoms with Crippen LogP contribution in [0.2, 0.25) is 5.02 Å². The minimum Gasteiger partial charge on any atom is -0.206 e. The highest BCUT2D eigenvalue weighted by atomic mass is 35.5. The van der Waals surface area contributed by atoms with Crippen molar-refractivity contribution in [1.82, 2.24) is 0 Å². The van der Waals surface area contributed by atoms with Crippen LogP contribution in [0.5, 0.6) is 0 Å². The minimum absolute atomic E-state index is 0.220. The molecule has 0 aliphatic heterocycles. The van der Waals surface area contributed by atoms with Gasteiger partial charge in [-0.05, 0) is 24.3 Å². The zero-order valence-corrected chi connectivity index (χ0v) is 8.43. The van der Waals surface area contributed by atoms with Gasteiger partial charge in [-0.25, -0.2) is 8.78 Å². The van der Waals surface area contributed by atoms with Gasteiger partial charge in [0.25, 0.3) is 0 Å². The van der Waals surface area contributed by atoms with Crippen molar-refractivity contribution in [3.8, 4) is 11.1 Å². The maximum atomic E-state index is 13.5. The Balaban J connectivity index is 2.60. The maximum absolute atomic E-state index is 13.5. The molecule has 0 bridgehead atoms. The largest absolute Gasteiger partial charge is 0.206 e. The fraction of sp³-hybridized carbons (Fsp3) is 0. The third kappa shape index (κ3) is 2.00. The summed E-state index contributed by atoms with van der Waals surface area (Å²) in [4.78, 5) is 0. The Hall–Kier alpha value is -1.41. The summed E-state index contributed by atoms with van der Waals surface area (Å²) in [5.74, 6) is -0.966. The van der Waals surface area contributed by atoms with Crippen molar-refractivity contribution < 1.29 is 8.78 Å². The Morgan fingerprint density at radius 1 is 0.800 bits per heavy atom. The first-order valence-corrected chi connectivity index (χ1v) is 4.76. The molecule has 0 radical (unpaired) electrons. The molecular formula is C12H7ClF2. The van der Waals surface area contributed by atoms with Crippen LogP contribution in [0.3, 0.4) is 0 Å². The molecule has 3 heteroatoms. The van der Waals surface area contributed by atoms with Crippen LogP contribution in [-0.4, -0.2) is 0 Å². The van der Waals surface area contributed by atoms with Gasteiger partial charge in [0.1, 0.15) is 11.6 Å². The fourth-order valence-electron chi connectivity index (χ4n) is 1.39. The van der Waals surface area contributed by atoms with Crippen LogP contribution in [0.4, 0.5) is 8.78 Å². The van der Waals surface area contributed by atoms with Gasteiger partial charge in [-0.2, -0.15) is 0 Å². The highest BCUT2D eigenvalue weighted by Crippen LogP contribution is 2.27. The van der Waals surface area contributed by atoms with Gasteiger partial charge < -0.3 is 0 Å². The van der Waals surface area contributed by atoms with Crippen molar-refractivity contribution in [2.75, 3.05) is 0 Å². The van der Waals surface area contributed by atoms with Crippen LogP contribution in [-0.2, 0) is 0 Å². The number of halogens is 3. The van der Waals surface area contributed by atoms with Crippen molar-refractivity contribution >= 4 is 11.6 Å². The van der Waals surface area contributed by atoms with Crippen molar-refractivity contribution in [2.45, 2.75) is 0 Å². The third-order valence-electron chi connectivity index (χ3n) is 2.10. The van der Waals surface area contributed by atoms with Crippen LogP contribution < -0.4 is 0 Å². The molecule has 15 heavy (non-hydrogen) atoms. The molecule has 0 amide bonds. The third-order valence-corrected chi connectivity index (χ3v) is 2.33. The molecule has 0 spiro atoms. The lowest BCUT2D eigenvalue weighted by molar-refractivity contribution is 0.616. The summed E-state index contributed by atoms with van der Waals surface area (Å²) in [5.41, 5.74) is 0.462. The lowest BCUT2D eigenvalue weighted by atomic mass is 10.0. The second-order valence-corrected chi connectivity index (χ2v) is 3.54. The molecule has 0 saturated heterocycles. The van der Waals surface area contributed by atoms with Crippen molar-refractivity contribution in [3.05, 3.63) is 59.1 Å². The summed E-state index contributed by atoms with van der Waals surface area (Å²) in [7, 11) is 0. The molecule has 0 unspecified atom stereocenters. The maximum Gasteiger partial charge on any atom is 0.132 e. The smallest absolute Gasteiger partial charge is 0.132 e. The molecule has 0 heterocycles. The monoisotopic (exact) mass is 224 g/mol. The van der Waals surface area contributed by atoms with E-state index in [1.807, 2.05) is 0 Å². The molecule has 2 aromatic carbocycles. The van der Waals surface area contributed by atoms with E-state index in [0.29, 0.717) is 5.02 Å². The molecule has 0 aliphatic carbocycles. The van der Waals surface area contributed by atoms with Gasteiger partial charge in [-0.1, -0.05) is 29.8 Å². The summed E-state index contributed by atoms with van der Waals surface area (Å²) in [6.07, 6.45) is 0. The first kappa shape index (κ1) is 10.1. The standard InChI is InChI=1S/C12H7ClF2/c13-8-5-6-10(12(15)7-8)9-3-1-2-4-11(9)14/h1-7H. The van der Waals surface area contributed by atoms with E-state index in [0.717, 1.165) is 0 Å². The Morgan fingerprint density at radius 2 is 1.47 bits per heavy atom. The van der Waals surface area contributed by atoms with E-state index >= 15 is 0 Å². The number of rotatable bonds is 1. The average Bonchev–Trinajstić information content (AvgIpc) is 2.20. The normalized spacial score (nSPS) is 10.3. The molecule has 76 valence electrons. The quantitative estimate of drug-likeness (QED) is 0.678. The molecule has 0 nitrogen and oxygen atoms in total. The van der Waals surface area contributed by atoms with E-state index in [1.54, 1.807) is 12.1 Å². The van der Waals surface area contributed by atoms with E-state index in [-0.39, 0.29) is 11.1 Å². The number of hydrogen-bond donors (Lipinski definition) is 0. The van der Waals surface area contributed by atoms with Crippen molar-refractivity contribution in [1.29, 1.82) is 0 Å². The van der Waals surface area contributed by atoms with E-state index in [9.17, 15) is 8.78 Å². The molecule has 0 atom stereocenters. The van der Waals surface area contributed by atoms with Crippen molar-refractivity contribution in [3.63, 3.8) is 0 Å². The summed E-state index contributed by atoms with van der Waals surface area (Å²) in [6, 6.07) is 10.2. The van der Waals surface area contributed by atoms with Gasteiger partial charge in [0.15, 0.2) is 0 Å². The fourth-order valence-corrected chi connectivity index (χ4v) is 1.55. The van der Waals surface area contributed by atoms with Crippen LogP contribution in [0.15, 0.2) is 42.5 Å². The summed E-state index contributed by atoms with van der Waals surface area (Å²) in [5, 5.41) is 0.299.